The molecule has 0 saturated carbocycles. The highest BCUT2D eigenvalue weighted by molar-refractivity contribution is 5.24. The summed E-state index contributed by atoms with van der Waals surface area (Å²) in [5.41, 5.74) is 0.968. The van der Waals surface area contributed by atoms with Gasteiger partial charge in [-0.25, -0.2) is 0 Å². The molecule has 1 rings (SSSR count). The van der Waals surface area contributed by atoms with Crippen LogP contribution in [0.25, 0.3) is 0 Å². The molecule has 0 bridgehead atoms. The highest BCUT2D eigenvalue weighted by Crippen LogP contribution is 2.12. The maximum atomic E-state index is 5.40. The van der Waals surface area contributed by atoms with Crippen molar-refractivity contribution in [1.82, 2.24) is 10.3 Å². The van der Waals surface area contributed by atoms with Gasteiger partial charge in [0.1, 0.15) is 6.26 Å². The van der Waals surface area contributed by atoms with Crippen LogP contribution in [0.2, 0.25) is 0 Å². The predicted molar refractivity (Wildman–Crippen MR) is 62.1 cm³/mol. The Morgan fingerprint density at radius 1 is 1.47 bits per heavy atom. The SMILES string of the molecule is CCCCN(C)c1nc(CNCC)co1. The molecule has 0 radical (unpaired) electrons. The van der Waals surface area contributed by atoms with Crippen molar-refractivity contribution in [2.75, 3.05) is 25.0 Å². The van der Waals surface area contributed by atoms with Crippen LogP contribution in [0.4, 0.5) is 6.01 Å². The summed E-state index contributed by atoms with van der Waals surface area (Å²) in [6, 6.07) is 0.719. The van der Waals surface area contributed by atoms with Gasteiger partial charge in [0, 0.05) is 20.1 Å². The molecule has 0 aliphatic heterocycles. The van der Waals surface area contributed by atoms with Gasteiger partial charge in [-0.1, -0.05) is 20.3 Å². The van der Waals surface area contributed by atoms with Crippen LogP contribution in [-0.4, -0.2) is 25.1 Å². The molecule has 4 nitrogen and oxygen atoms in total. The highest BCUT2D eigenvalue weighted by Gasteiger charge is 2.07. The standard InChI is InChI=1S/C11H21N3O/c1-4-6-7-14(3)11-13-10(9-15-11)8-12-5-2/h9,12H,4-8H2,1-3H3. The van der Waals surface area contributed by atoms with Crippen LogP contribution in [0.1, 0.15) is 32.4 Å². The van der Waals surface area contributed by atoms with Crippen LogP contribution >= 0.6 is 0 Å². The first-order chi connectivity index (χ1) is 7.27. The van der Waals surface area contributed by atoms with E-state index < -0.39 is 0 Å². The quantitative estimate of drug-likeness (QED) is 0.749. The maximum absolute atomic E-state index is 5.40. The molecule has 0 aromatic carbocycles. The first-order valence-electron chi connectivity index (χ1n) is 5.64. The fraction of sp³-hybridized carbons (Fsp3) is 0.727. The molecule has 0 atom stereocenters. The second kappa shape index (κ2) is 6.45. The zero-order valence-electron chi connectivity index (χ0n) is 9.92. The summed E-state index contributed by atoms with van der Waals surface area (Å²) < 4.78 is 5.40. The van der Waals surface area contributed by atoms with E-state index in [1.165, 1.54) is 12.8 Å². The van der Waals surface area contributed by atoms with Crippen LogP contribution < -0.4 is 10.2 Å². The molecule has 1 aromatic rings. The number of nitrogens with zero attached hydrogens (tertiary/aromatic N) is 2. The summed E-state index contributed by atoms with van der Waals surface area (Å²) in [6.07, 6.45) is 4.08. The van der Waals surface area contributed by atoms with Gasteiger partial charge in [-0.3, -0.25) is 0 Å². The van der Waals surface area contributed by atoms with Gasteiger partial charge in [0.2, 0.25) is 0 Å². The molecular weight excluding hydrogens is 190 g/mol. The van der Waals surface area contributed by atoms with Gasteiger partial charge in [-0.2, -0.15) is 4.98 Å². The van der Waals surface area contributed by atoms with Gasteiger partial charge < -0.3 is 14.6 Å². The molecule has 4 heteroatoms. The number of hydrogen-bond donors (Lipinski definition) is 1. The average molecular weight is 211 g/mol. The molecule has 0 aliphatic carbocycles. The Hall–Kier alpha value is -1.03. The molecule has 15 heavy (non-hydrogen) atoms. The first kappa shape index (κ1) is 12.0. The zero-order valence-corrected chi connectivity index (χ0v) is 9.92. The van der Waals surface area contributed by atoms with Crippen molar-refractivity contribution < 1.29 is 4.42 Å². The third kappa shape index (κ3) is 3.91. The summed E-state index contributed by atoms with van der Waals surface area (Å²) in [6.45, 7) is 6.99. The Morgan fingerprint density at radius 2 is 2.27 bits per heavy atom. The lowest BCUT2D eigenvalue weighted by atomic mass is 10.3. The Balaban J connectivity index is 2.43. The molecule has 0 fully saturated rings. The molecular formula is C11H21N3O. The summed E-state index contributed by atoms with van der Waals surface area (Å²) in [5, 5.41) is 3.22. The molecule has 0 spiro atoms. The van der Waals surface area contributed by atoms with E-state index in [1.54, 1.807) is 6.26 Å². The van der Waals surface area contributed by atoms with Crippen molar-refractivity contribution in [3.8, 4) is 0 Å². The van der Waals surface area contributed by atoms with E-state index in [9.17, 15) is 0 Å². The smallest absolute Gasteiger partial charge is 0.297 e. The van der Waals surface area contributed by atoms with Crippen LogP contribution in [0.5, 0.6) is 0 Å². The summed E-state index contributed by atoms with van der Waals surface area (Å²) in [4.78, 5) is 6.45. The fourth-order valence-corrected chi connectivity index (χ4v) is 1.30. The Kier molecular flexibility index (Phi) is 5.18. The number of hydrogen-bond acceptors (Lipinski definition) is 4. The number of nitrogens with one attached hydrogen (secondary N) is 1. The van der Waals surface area contributed by atoms with E-state index in [4.69, 9.17) is 4.42 Å². The van der Waals surface area contributed by atoms with Crippen molar-refractivity contribution in [2.24, 2.45) is 0 Å². The molecule has 86 valence electrons. The van der Waals surface area contributed by atoms with Crippen molar-refractivity contribution in [2.45, 2.75) is 33.2 Å². The van der Waals surface area contributed by atoms with Crippen LogP contribution in [0, 0.1) is 0 Å². The number of unbranched alkanes of at least 4 members (excludes halogenated alkanes) is 1. The Bertz CT molecular complexity index is 273. The third-order valence-electron chi connectivity index (χ3n) is 2.27. The van der Waals surface area contributed by atoms with E-state index in [-0.39, 0.29) is 0 Å². The average Bonchev–Trinajstić information content (AvgIpc) is 2.71. The van der Waals surface area contributed by atoms with Gasteiger partial charge in [-0.15, -0.1) is 0 Å². The van der Waals surface area contributed by atoms with Crippen molar-refractivity contribution in [3.63, 3.8) is 0 Å². The minimum absolute atomic E-state index is 0.719. The van der Waals surface area contributed by atoms with Crippen molar-refractivity contribution in [3.05, 3.63) is 12.0 Å². The lowest BCUT2D eigenvalue weighted by Crippen LogP contribution is -2.19. The lowest BCUT2D eigenvalue weighted by molar-refractivity contribution is 0.540. The summed E-state index contributed by atoms with van der Waals surface area (Å²) in [7, 11) is 2.01. The zero-order chi connectivity index (χ0) is 11.1. The van der Waals surface area contributed by atoms with Crippen LogP contribution in [-0.2, 0) is 6.54 Å². The Labute approximate surface area is 91.7 Å². The number of oxazole rings is 1. The topological polar surface area (TPSA) is 41.3 Å². The Morgan fingerprint density at radius 3 is 2.93 bits per heavy atom. The minimum atomic E-state index is 0.719. The summed E-state index contributed by atoms with van der Waals surface area (Å²) in [5.74, 6) is 0. The lowest BCUT2D eigenvalue weighted by Gasteiger charge is -2.12. The molecule has 0 aliphatic rings. The van der Waals surface area contributed by atoms with E-state index >= 15 is 0 Å². The van der Waals surface area contributed by atoms with Gasteiger partial charge in [0.15, 0.2) is 0 Å². The molecule has 1 heterocycles. The largest absolute Gasteiger partial charge is 0.432 e. The van der Waals surface area contributed by atoms with Gasteiger partial charge in [0.05, 0.1) is 5.69 Å². The molecule has 1 N–H and O–H groups in total. The number of anilines is 1. The third-order valence-corrected chi connectivity index (χ3v) is 2.27. The molecule has 0 unspecified atom stereocenters. The minimum Gasteiger partial charge on any atom is -0.432 e. The number of aromatic nitrogens is 1. The number of rotatable bonds is 7. The van der Waals surface area contributed by atoms with E-state index in [1.807, 2.05) is 7.05 Å². The fourth-order valence-electron chi connectivity index (χ4n) is 1.30. The summed E-state index contributed by atoms with van der Waals surface area (Å²) >= 11 is 0. The van der Waals surface area contributed by atoms with Gasteiger partial charge in [0.25, 0.3) is 6.01 Å². The predicted octanol–water partition coefficient (Wildman–Crippen LogP) is 2.02. The van der Waals surface area contributed by atoms with Crippen LogP contribution in [0.15, 0.2) is 10.7 Å². The molecule has 0 saturated heterocycles. The van der Waals surface area contributed by atoms with E-state index in [0.717, 1.165) is 31.3 Å². The van der Waals surface area contributed by atoms with Gasteiger partial charge >= 0.3 is 0 Å². The van der Waals surface area contributed by atoms with Crippen molar-refractivity contribution in [1.29, 1.82) is 0 Å². The van der Waals surface area contributed by atoms with E-state index in [2.05, 4.69) is 29.0 Å². The molecule has 1 aromatic heterocycles. The monoisotopic (exact) mass is 211 g/mol. The highest BCUT2D eigenvalue weighted by atomic mass is 16.4. The van der Waals surface area contributed by atoms with E-state index in [0.29, 0.717) is 0 Å². The van der Waals surface area contributed by atoms with Gasteiger partial charge in [-0.05, 0) is 13.0 Å². The first-order valence-corrected chi connectivity index (χ1v) is 5.64. The van der Waals surface area contributed by atoms with Crippen molar-refractivity contribution >= 4 is 6.01 Å². The second-order valence-corrected chi connectivity index (χ2v) is 3.68. The second-order valence-electron chi connectivity index (χ2n) is 3.68. The molecule has 0 amide bonds. The van der Waals surface area contributed by atoms with Crippen LogP contribution in [0.3, 0.4) is 0 Å². The normalized spacial score (nSPS) is 10.6. The maximum Gasteiger partial charge on any atom is 0.297 e.